The van der Waals surface area contributed by atoms with Gasteiger partial charge in [0.15, 0.2) is 0 Å². The number of rotatable bonds is 4. The van der Waals surface area contributed by atoms with Gasteiger partial charge in [0.05, 0.1) is 15.9 Å². The van der Waals surface area contributed by atoms with Crippen molar-refractivity contribution >= 4 is 33.5 Å². The number of anilines is 1. The summed E-state index contributed by atoms with van der Waals surface area (Å²) in [6, 6.07) is 10.3. The van der Waals surface area contributed by atoms with Crippen LogP contribution in [0.25, 0.3) is 0 Å². The van der Waals surface area contributed by atoms with Crippen molar-refractivity contribution in [2.24, 2.45) is 0 Å². The molecule has 0 saturated carbocycles. The van der Waals surface area contributed by atoms with Crippen molar-refractivity contribution in [2.75, 3.05) is 12.4 Å². The van der Waals surface area contributed by atoms with Crippen LogP contribution in [0.5, 0.6) is 0 Å². The maximum Gasteiger partial charge on any atom is 0.144 e. The van der Waals surface area contributed by atoms with Crippen molar-refractivity contribution in [3.05, 3.63) is 46.3 Å². The predicted molar refractivity (Wildman–Crippen MR) is 94.0 cm³/mol. The quantitative estimate of drug-likeness (QED) is 0.784. The first kappa shape index (κ1) is 16.3. The Kier molecular flexibility index (Phi) is 5.27. The van der Waals surface area contributed by atoms with E-state index in [0.29, 0.717) is 0 Å². The van der Waals surface area contributed by atoms with Crippen molar-refractivity contribution < 1.29 is 0 Å². The Morgan fingerprint density at radius 1 is 1.14 bits per heavy atom. The maximum absolute atomic E-state index is 4.75. The van der Waals surface area contributed by atoms with E-state index in [0.717, 1.165) is 27.6 Å². The second-order valence-corrected chi connectivity index (χ2v) is 7.59. The molecule has 2 aromatic rings. The third-order valence-electron chi connectivity index (χ3n) is 2.96. The van der Waals surface area contributed by atoms with E-state index in [4.69, 9.17) is 4.98 Å². The summed E-state index contributed by atoms with van der Waals surface area (Å²) in [5, 5.41) is 3.14. The second-order valence-electron chi connectivity index (χ2n) is 5.75. The van der Waals surface area contributed by atoms with E-state index in [1.54, 1.807) is 11.8 Å². The van der Waals surface area contributed by atoms with E-state index in [-0.39, 0.29) is 5.41 Å². The number of nitrogens with zero attached hydrogens (tertiary/aromatic N) is 2. The number of nitrogens with one attached hydrogen (secondary N) is 1. The Bertz CT molecular complexity index is 609. The van der Waals surface area contributed by atoms with Gasteiger partial charge < -0.3 is 5.32 Å². The lowest BCUT2D eigenvalue weighted by Gasteiger charge is -2.21. The van der Waals surface area contributed by atoms with Crippen LogP contribution in [0.4, 0.5) is 5.82 Å². The van der Waals surface area contributed by atoms with E-state index in [9.17, 15) is 0 Å². The summed E-state index contributed by atoms with van der Waals surface area (Å²) in [7, 11) is 1.88. The summed E-state index contributed by atoms with van der Waals surface area (Å²) >= 11 is 5.36. The van der Waals surface area contributed by atoms with Gasteiger partial charge in [-0.2, -0.15) is 0 Å². The zero-order valence-corrected chi connectivity index (χ0v) is 15.2. The highest BCUT2D eigenvalue weighted by Crippen LogP contribution is 2.33. The summed E-state index contributed by atoms with van der Waals surface area (Å²) in [5.74, 6) is 2.45. The van der Waals surface area contributed by atoms with Crippen LogP contribution in [-0.4, -0.2) is 17.0 Å². The fraction of sp³-hybridized carbons (Fsp3) is 0.375. The summed E-state index contributed by atoms with van der Waals surface area (Å²) in [4.78, 5) is 10.6. The lowest BCUT2D eigenvalue weighted by Crippen LogP contribution is -2.17. The zero-order valence-electron chi connectivity index (χ0n) is 12.8. The Labute approximate surface area is 139 Å². The number of benzene rings is 1. The van der Waals surface area contributed by atoms with Gasteiger partial charge in [0.2, 0.25) is 0 Å². The molecule has 1 aromatic heterocycles. The van der Waals surface area contributed by atoms with Crippen molar-refractivity contribution in [1.29, 1.82) is 0 Å². The number of aromatic nitrogens is 2. The van der Waals surface area contributed by atoms with E-state index in [1.165, 1.54) is 4.90 Å². The van der Waals surface area contributed by atoms with E-state index < -0.39 is 0 Å². The second kappa shape index (κ2) is 6.79. The van der Waals surface area contributed by atoms with Gasteiger partial charge in [0, 0.05) is 17.4 Å². The Hall–Kier alpha value is -1.07. The van der Waals surface area contributed by atoms with Crippen LogP contribution in [0.2, 0.25) is 0 Å². The molecular weight excluding hydrogens is 346 g/mol. The Morgan fingerprint density at radius 3 is 2.38 bits per heavy atom. The average Bonchev–Trinajstić information content (AvgIpc) is 2.46. The minimum atomic E-state index is -0.0282. The minimum Gasteiger partial charge on any atom is -0.372 e. The monoisotopic (exact) mass is 365 g/mol. The first-order chi connectivity index (χ1) is 9.91. The molecule has 0 amide bonds. The normalized spacial score (nSPS) is 11.5. The summed E-state index contributed by atoms with van der Waals surface area (Å²) in [5.41, 5.74) is 1.00. The lowest BCUT2D eigenvalue weighted by molar-refractivity contribution is 0.560. The average molecular weight is 366 g/mol. The number of hydrogen-bond donors (Lipinski definition) is 1. The molecule has 0 radical (unpaired) electrons. The molecule has 0 saturated heterocycles. The highest BCUT2D eigenvalue weighted by atomic mass is 79.9. The van der Waals surface area contributed by atoms with Crippen LogP contribution in [0.15, 0.2) is 39.7 Å². The van der Waals surface area contributed by atoms with Crippen molar-refractivity contribution in [3.8, 4) is 0 Å². The van der Waals surface area contributed by atoms with Gasteiger partial charge in [0.25, 0.3) is 0 Å². The summed E-state index contributed by atoms with van der Waals surface area (Å²) < 4.78 is 0.950. The molecule has 0 spiro atoms. The summed E-state index contributed by atoms with van der Waals surface area (Å²) in [6.45, 7) is 6.48. The molecule has 1 N–H and O–H groups in total. The minimum absolute atomic E-state index is 0.0282. The molecule has 5 heteroatoms. The third kappa shape index (κ3) is 4.20. The fourth-order valence-electron chi connectivity index (χ4n) is 1.89. The highest BCUT2D eigenvalue weighted by molar-refractivity contribution is 9.10. The van der Waals surface area contributed by atoms with Crippen LogP contribution in [0.3, 0.4) is 0 Å². The molecule has 0 aliphatic heterocycles. The van der Waals surface area contributed by atoms with Gasteiger partial charge >= 0.3 is 0 Å². The first-order valence-corrected chi connectivity index (χ1v) is 8.62. The van der Waals surface area contributed by atoms with Gasteiger partial charge in [-0.25, -0.2) is 9.97 Å². The first-order valence-electron chi connectivity index (χ1n) is 6.84. The molecule has 0 unspecified atom stereocenters. The smallest absolute Gasteiger partial charge is 0.144 e. The topological polar surface area (TPSA) is 37.8 Å². The molecule has 0 aliphatic rings. The van der Waals surface area contributed by atoms with Crippen molar-refractivity contribution in [3.63, 3.8) is 0 Å². The molecule has 0 atom stereocenters. The molecule has 1 heterocycles. The van der Waals surface area contributed by atoms with Crippen LogP contribution in [0.1, 0.15) is 32.3 Å². The molecule has 0 aliphatic carbocycles. The third-order valence-corrected chi connectivity index (χ3v) is 4.72. The van der Waals surface area contributed by atoms with Gasteiger partial charge in [-0.1, -0.05) is 39.0 Å². The van der Waals surface area contributed by atoms with E-state index >= 15 is 0 Å². The van der Waals surface area contributed by atoms with Gasteiger partial charge in [0.1, 0.15) is 11.6 Å². The van der Waals surface area contributed by atoms with Gasteiger partial charge in [-0.3, -0.25) is 0 Å². The van der Waals surface area contributed by atoms with Crippen LogP contribution in [-0.2, 0) is 11.2 Å². The SMILES string of the molecule is CNc1nc(CSc2ccccc2)nc(C(C)(C)C)c1Br. The largest absolute Gasteiger partial charge is 0.372 e. The van der Waals surface area contributed by atoms with Crippen LogP contribution < -0.4 is 5.32 Å². The predicted octanol–water partition coefficient (Wildman–Crippen LogP) is 4.87. The van der Waals surface area contributed by atoms with E-state index in [1.807, 2.05) is 25.2 Å². The Balaban J connectivity index is 2.27. The fourth-order valence-corrected chi connectivity index (χ4v) is 3.63. The van der Waals surface area contributed by atoms with Crippen LogP contribution in [0, 0.1) is 0 Å². The van der Waals surface area contributed by atoms with Gasteiger partial charge in [-0.05, 0) is 28.1 Å². The lowest BCUT2D eigenvalue weighted by atomic mass is 9.92. The van der Waals surface area contributed by atoms with Gasteiger partial charge in [-0.15, -0.1) is 11.8 Å². The van der Waals surface area contributed by atoms with Crippen LogP contribution >= 0.6 is 27.7 Å². The van der Waals surface area contributed by atoms with E-state index in [2.05, 4.69) is 59.1 Å². The van der Waals surface area contributed by atoms with Crippen molar-refractivity contribution in [1.82, 2.24) is 9.97 Å². The molecule has 2 rings (SSSR count). The molecule has 1 aromatic carbocycles. The number of hydrogen-bond acceptors (Lipinski definition) is 4. The Morgan fingerprint density at radius 2 is 1.81 bits per heavy atom. The maximum atomic E-state index is 4.75. The molecule has 0 bridgehead atoms. The standard InChI is InChI=1S/C16H20BrN3S/c1-16(2,3)14-13(17)15(18-4)20-12(19-14)10-21-11-8-6-5-7-9-11/h5-9H,10H2,1-4H3,(H,18,19,20). The zero-order chi connectivity index (χ0) is 15.5. The summed E-state index contributed by atoms with van der Waals surface area (Å²) in [6.07, 6.45) is 0. The molecule has 21 heavy (non-hydrogen) atoms. The molecule has 0 fully saturated rings. The molecule has 112 valence electrons. The number of thioether (sulfide) groups is 1. The highest BCUT2D eigenvalue weighted by Gasteiger charge is 2.22. The molecular formula is C16H20BrN3S. The van der Waals surface area contributed by atoms with Crippen molar-refractivity contribution in [2.45, 2.75) is 36.8 Å². The molecule has 3 nitrogen and oxygen atoms in total. The number of halogens is 1.